The fraction of sp³-hybridized carbons (Fsp3) is 0.286. The number of amides is 1. The number of aromatic amines is 1. The molecular weight excluding hydrogens is 190 g/mol. The van der Waals surface area contributed by atoms with Crippen LogP contribution in [0.3, 0.4) is 0 Å². The van der Waals surface area contributed by atoms with Crippen molar-refractivity contribution in [1.82, 2.24) is 15.5 Å². The van der Waals surface area contributed by atoms with E-state index in [1.54, 1.807) is 0 Å². The lowest BCUT2D eigenvalue weighted by atomic mass is 10.3. The molecule has 0 aliphatic carbocycles. The maximum Gasteiger partial charge on any atom is 0.328 e. The Balaban J connectivity index is 2.60. The first kappa shape index (κ1) is 10.2. The summed E-state index contributed by atoms with van der Waals surface area (Å²) >= 11 is 0. The van der Waals surface area contributed by atoms with Gasteiger partial charge in [0.2, 0.25) is 0 Å². The van der Waals surface area contributed by atoms with Gasteiger partial charge in [-0.15, -0.1) is 0 Å². The zero-order valence-electron chi connectivity index (χ0n) is 7.10. The van der Waals surface area contributed by atoms with Crippen LogP contribution in [0.1, 0.15) is 10.5 Å². The molecule has 1 rings (SSSR count). The number of hydrogen-bond donors (Lipinski definition) is 4. The second kappa shape index (κ2) is 4.38. The molecule has 0 unspecified atom stereocenters. The molecule has 1 aromatic heterocycles. The van der Waals surface area contributed by atoms with Gasteiger partial charge in [-0.05, 0) is 6.07 Å². The van der Waals surface area contributed by atoms with Crippen LogP contribution in [0.15, 0.2) is 12.3 Å². The van der Waals surface area contributed by atoms with Crippen LogP contribution >= 0.6 is 0 Å². The fourth-order valence-corrected chi connectivity index (χ4v) is 0.804. The molecule has 1 aromatic rings. The van der Waals surface area contributed by atoms with E-state index in [0.29, 0.717) is 0 Å². The van der Waals surface area contributed by atoms with E-state index >= 15 is 0 Å². The second-order valence-corrected chi connectivity index (χ2v) is 2.52. The smallest absolute Gasteiger partial charge is 0.328 e. The topological polar surface area (TPSA) is 115 Å². The van der Waals surface area contributed by atoms with Gasteiger partial charge in [-0.1, -0.05) is 0 Å². The molecule has 0 aromatic carbocycles. The Bertz CT molecular complexity index is 322. The van der Waals surface area contributed by atoms with Crippen molar-refractivity contribution < 1.29 is 19.8 Å². The highest BCUT2D eigenvalue weighted by Gasteiger charge is 2.19. The summed E-state index contributed by atoms with van der Waals surface area (Å²) in [6, 6.07) is 0.0943. The molecule has 0 bridgehead atoms. The Labute approximate surface area is 78.7 Å². The first-order chi connectivity index (χ1) is 6.65. The molecule has 0 radical (unpaired) electrons. The van der Waals surface area contributed by atoms with Crippen molar-refractivity contribution in [3.63, 3.8) is 0 Å². The molecule has 0 saturated heterocycles. The summed E-state index contributed by atoms with van der Waals surface area (Å²) in [6.45, 7) is -0.658. The Hall–Kier alpha value is -1.89. The van der Waals surface area contributed by atoms with Gasteiger partial charge >= 0.3 is 5.97 Å². The minimum Gasteiger partial charge on any atom is -0.480 e. The van der Waals surface area contributed by atoms with Crippen molar-refractivity contribution in [2.45, 2.75) is 6.04 Å². The molecule has 0 spiro atoms. The van der Waals surface area contributed by atoms with E-state index in [1.165, 1.54) is 12.3 Å². The molecule has 76 valence electrons. The number of hydrogen-bond acceptors (Lipinski definition) is 4. The van der Waals surface area contributed by atoms with Crippen LogP contribution in [0.2, 0.25) is 0 Å². The number of nitrogens with one attached hydrogen (secondary N) is 2. The highest BCUT2D eigenvalue weighted by Crippen LogP contribution is 1.92. The van der Waals surface area contributed by atoms with Gasteiger partial charge in [-0.2, -0.15) is 5.10 Å². The number of carbonyl (C=O) groups is 2. The van der Waals surface area contributed by atoms with Crippen LogP contribution in [-0.4, -0.2) is 44.9 Å². The summed E-state index contributed by atoms with van der Waals surface area (Å²) in [6.07, 6.45) is 1.36. The molecule has 1 atom stereocenters. The molecule has 0 saturated carbocycles. The van der Waals surface area contributed by atoms with Gasteiger partial charge in [0, 0.05) is 6.20 Å². The van der Waals surface area contributed by atoms with Crippen molar-refractivity contribution in [1.29, 1.82) is 0 Å². The van der Waals surface area contributed by atoms with Crippen LogP contribution < -0.4 is 5.32 Å². The Morgan fingerprint density at radius 2 is 2.36 bits per heavy atom. The summed E-state index contributed by atoms with van der Waals surface area (Å²) in [7, 11) is 0. The standard InChI is InChI=1S/C7H9N3O4/c11-3-5(7(13)14)9-6(12)4-1-2-8-10-4/h1-2,5,11H,3H2,(H,8,10)(H,9,12)(H,13,14)/t5-/m0/s1. The van der Waals surface area contributed by atoms with Crippen LogP contribution in [0, 0.1) is 0 Å². The largest absolute Gasteiger partial charge is 0.480 e. The molecule has 1 amide bonds. The number of carbonyl (C=O) groups excluding carboxylic acids is 1. The van der Waals surface area contributed by atoms with Gasteiger partial charge in [0.25, 0.3) is 5.91 Å². The van der Waals surface area contributed by atoms with E-state index in [2.05, 4.69) is 15.5 Å². The summed E-state index contributed by atoms with van der Waals surface area (Å²) in [5.74, 6) is -1.91. The van der Waals surface area contributed by atoms with Gasteiger partial charge in [0.05, 0.1) is 6.61 Å². The summed E-state index contributed by atoms with van der Waals surface area (Å²) in [4.78, 5) is 21.7. The molecule has 0 aliphatic heterocycles. The first-order valence-electron chi connectivity index (χ1n) is 3.79. The second-order valence-electron chi connectivity index (χ2n) is 2.52. The lowest BCUT2D eigenvalue weighted by Crippen LogP contribution is -2.43. The number of H-pyrrole nitrogens is 1. The van der Waals surface area contributed by atoms with Gasteiger partial charge < -0.3 is 15.5 Å². The number of rotatable bonds is 4. The summed E-state index contributed by atoms with van der Waals surface area (Å²) in [5.41, 5.74) is 0.143. The predicted molar refractivity (Wildman–Crippen MR) is 44.6 cm³/mol. The zero-order valence-corrected chi connectivity index (χ0v) is 7.10. The predicted octanol–water partition coefficient (Wildman–Crippen LogP) is -1.42. The highest BCUT2D eigenvalue weighted by atomic mass is 16.4. The van der Waals surface area contributed by atoms with E-state index in [-0.39, 0.29) is 5.69 Å². The maximum absolute atomic E-state index is 11.2. The Kier molecular flexibility index (Phi) is 3.19. The average molecular weight is 199 g/mol. The van der Waals surface area contributed by atoms with Crippen molar-refractivity contribution >= 4 is 11.9 Å². The molecule has 0 fully saturated rings. The monoisotopic (exact) mass is 199 g/mol. The van der Waals surface area contributed by atoms with E-state index in [1.807, 2.05) is 0 Å². The number of aromatic nitrogens is 2. The van der Waals surface area contributed by atoms with Crippen LogP contribution in [0.5, 0.6) is 0 Å². The van der Waals surface area contributed by atoms with E-state index < -0.39 is 24.5 Å². The van der Waals surface area contributed by atoms with E-state index in [9.17, 15) is 9.59 Å². The van der Waals surface area contributed by atoms with Crippen molar-refractivity contribution in [3.8, 4) is 0 Å². The molecule has 4 N–H and O–H groups in total. The van der Waals surface area contributed by atoms with Gasteiger partial charge in [0.1, 0.15) is 5.69 Å². The van der Waals surface area contributed by atoms with Gasteiger partial charge in [0.15, 0.2) is 6.04 Å². The molecule has 7 nitrogen and oxygen atoms in total. The average Bonchev–Trinajstić information content (AvgIpc) is 2.65. The summed E-state index contributed by atoms with van der Waals surface area (Å²) < 4.78 is 0. The number of aliphatic hydroxyl groups is 1. The number of aliphatic carboxylic acids is 1. The van der Waals surface area contributed by atoms with E-state index in [4.69, 9.17) is 10.2 Å². The molecule has 0 aliphatic rings. The van der Waals surface area contributed by atoms with Crippen LogP contribution in [0.4, 0.5) is 0 Å². The summed E-state index contributed by atoms with van der Waals surface area (Å²) in [5, 5.41) is 25.1. The quantitative estimate of drug-likeness (QED) is 0.475. The van der Waals surface area contributed by atoms with E-state index in [0.717, 1.165) is 0 Å². The number of aliphatic hydroxyl groups excluding tert-OH is 1. The Morgan fingerprint density at radius 1 is 1.64 bits per heavy atom. The minimum atomic E-state index is -1.30. The van der Waals surface area contributed by atoms with Gasteiger partial charge in [-0.3, -0.25) is 9.89 Å². The van der Waals surface area contributed by atoms with Crippen molar-refractivity contribution in [3.05, 3.63) is 18.0 Å². The minimum absolute atomic E-state index is 0.143. The Morgan fingerprint density at radius 3 is 2.79 bits per heavy atom. The lowest BCUT2D eigenvalue weighted by Gasteiger charge is -2.09. The normalized spacial score (nSPS) is 12.1. The fourth-order valence-electron chi connectivity index (χ4n) is 0.804. The maximum atomic E-state index is 11.2. The zero-order chi connectivity index (χ0) is 10.6. The first-order valence-corrected chi connectivity index (χ1v) is 3.79. The molecular formula is C7H9N3O4. The van der Waals surface area contributed by atoms with Crippen molar-refractivity contribution in [2.75, 3.05) is 6.61 Å². The molecule has 14 heavy (non-hydrogen) atoms. The van der Waals surface area contributed by atoms with Crippen molar-refractivity contribution in [2.24, 2.45) is 0 Å². The number of nitrogens with zero attached hydrogens (tertiary/aromatic N) is 1. The molecule has 7 heteroatoms. The SMILES string of the molecule is O=C(N[C@@H](CO)C(=O)O)c1ccn[nH]1. The van der Waals surface area contributed by atoms with Crippen LogP contribution in [0.25, 0.3) is 0 Å². The third-order valence-corrected chi connectivity index (χ3v) is 1.53. The number of carboxylic acids is 1. The van der Waals surface area contributed by atoms with Crippen LogP contribution in [-0.2, 0) is 4.79 Å². The third-order valence-electron chi connectivity index (χ3n) is 1.53. The van der Waals surface area contributed by atoms with Gasteiger partial charge in [-0.25, -0.2) is 4.79 Å². The molecule has 1 heterocycles. The number of carboxylic acid groups (broad SMARTS) is 1. The highest BCUT2D eigenvalue weighted by molar-refractivity contribution is 5.94. The third kappa shape index (κ3) is 2.30. The lowest BCUT2D eigenvalue weighted by molar-refractivity contribution is -0.140.